The zero-order chi connectivity index (χ0) is 25.3. The van der Waals surface area contributed by atoms with Crippen LogP contribution in [0.3, 0.4) is 0 Å². The summed E-state index contributed by atoms with van der Waals surface area (Å²) in [6.07, 6.45) is 6.22. The minimum atomic E-state index is -0.901. The molecule has 4 rings (SSSR count). The molecule has 0 bridgehead atoms. The van der Waals surface area contributed by atoms with Crippen LogP contribution < -0.4 is 21.3 Å². The third-order valence-electron chi connectivity index (χ3n) is 6.21. The number of nitrogens with zero attached hydrogens (tertiary/aromatic N) is 2. The summed E-state index contributed by atoms with van der Waals surface area (Å²) in [5.41, 5.74) is 1.00. The Morgan fingerprint density at radius 2 is 1.97 bits per heavy atom. The number of rotatable bonds is 11. The molecular formula is C26H28N6O4. The van der Waals surface area contributed by atoms with Crippen LogP contribution in [0.4, 0.5) is 0 Å². The number of aromatic nitrogens is 2. The van der Waals surface area contributed by atoms with E-state index in [0.29, 0.717) is 19.4 Å². The van der Waals surface area contributed by atoms with Crippen LogP contribution in [0.2, 0.25) is 0 Å². The van der Waals surface area contributed by atoms with Gasteiger partial charge < -0.3 is 20.7 Å². The van der Waals surface area contributed by atoms with Crippen molar-refractivity contribution in [1.82, 2.24) is 31.2 Å². The van der Waals surface area contributed by atoms with Crippen molar-refractivity contribution < 1.29 is 19.2 Å². The summed E-state index contributed by atoms with van der Waals surface area (Å²) in [6, 6.07) is 12.2. The number of carbonyl (C=O) groups excluding carboxylic acids is 4. The largest absolute Gasteiger partial charge is 0.356 e. The summed E-state index contributed by atoms with van der Waals surface area (Å²) in [6.45, 7) is 0.608. The highest BCUT2D eigenvalue weighted by atomic mass is 16.2. The van der Waals surface area contributed by atoms with Crippen LogP contribution >= 0.6 is 0 Å². The van der Waals surface area contributed by atoms with E-state index >= 15 is 0 Å². The molecule has 0 spiro atoms. The number of hydrogen-bond donors (Lipinski definition) is 4. The highest BCUT2D eigenvalue weighted by Gasteiger charge is 2.27. The van der Waals surface area contributed by atoms with Gasteiger partial charge >= 0.3 is 0 Å². The molecule has 2 heterocycles. The molecule has 3 atom stereocenters. The van der Waals surface area contributed by atoms with Gasteiger partial charge in [0, 0.05) is 31.3 Å². The topological polar surface area (TPSA) is 142 Å². The maximum Gasteiger partial charge on any atom is 0.272 e. The molecule has 10 nitrogen and oxygen atoms in total. The van der Waals surface area contributed by atoms with E-state index in [1.807, 2.05) is 42.5 Å². The number of nitrogens with one attached hydrogen (secondary N) is 4. The number of benzene rings is 2. The van der Waals surface area contributed by atoms with Gasteiger partial charge in [0.05, 0.1) is 18.9 Å². The van der Waals surface area contributed by atoms with Gasteiger partial charge in [-0.2, -0.15) is 0 Å². The summed E-state index contributed by atoms with van der Waals surface area (Å²) in [5, 5.41) is 13.2. The lowest BCUT2D eigenvalue weighted by molar-refractivity contribution is -0.124. The van der Waals surface area contributed by atoms with Crippen molar-refractivity contribution in [3.05, 3.63) is 72.3 Å². The predicted molar refractivity (Wildman–Crippen MR) is 133 cm³/mol. The molecule has 0 aliphatic carbocycles. The second-order valence-corrected chi connectivity index (χ2v) is 8.64. The number of amides is 3. The van der Waals surface area contributed by atoms with Crippen LogP contribution in [0.25, 0.3) is 10.8 Å². The Labute approximate surface area is 208 Å². The predicted octanol–water partition coefficient (Wildman–Crippen LogP) is 0.728. The van der Waals surface area contributed by atoms with Crippen molar-refractivity contribution in [3.63, 3.8) is 0 Å². The molecule has 36 heavy (non-hydrogen) atoms. The van der Waals surface area contributed by atoms with E-state index in [9.17, 15) is 19.2 Å². The average molecular weight is 489 g/mol. The number of aldehydes is 1. The smallest absolute Gasteiger partial charge is 0.272 e. The third kappa shape index (κ3) is 6.28. The van der Waals surface area contributed by atoms with Gasteiger partial charge in [-0.3, -0.25) is 24.7 Å². The molecule has 10 heteroatoms. The fraction of sp³-hybridized carbons (Fsp3) is 0.308. The maximum absolute atomic E-state index is 13.2. The summed E-state index contributed by atoms with van der Waals surface area (Å²) in [5.74, 6) is -1.23. The first-order valence-electron chi connectivity index (χ1n) is 11.8. The lowest BCUT2D eigenvalue weighted by Crippen LogP contribution is -2.51. The van der Waals surface area contributed by atoms with Crippen LogP contribution in [-0.2, 0) is 20.8 Å². The van der Waals surface area contributed by atoms with Crippen molar-refractivity contribution in [2.45, 2.75) is 31.3 Å². The van der Waals surface area contributed by atoms with Gasteiger partial charge in [0.25, 0.3) is 5.91 Å². The molecule has 3 aromatic rings. The molecule has 186 valence electrons. The fourth-order valence-corrected chi connectivity index (χ4v) is 4.30. The molecule has 3 amide bonds. The van der Waals surface area contributed by atoms with Crippen molar-refractivity contribution in [1.29, 1.82) is 0 Å². The Balaban J connectivity index is 1.44. The number of fused-ring (bicyclic) bond motifs is 1. The van der Waals surface area contributed by atoms with Gasteiger partial charge in [0.2, 0.25) is 11.8 Å². The van der Waals surface area contributed by atoms with Crippen molar-refractivity contribution in [2.24, 2.45) is 5.92 Å². The normalized spacial score (nSPS) is 16.7. The van der Waals surface area contributed by atoms with E-state index in [1.165, 1.54) is 18.6 Å². The molecule has 3 unspecified atom stereocenters. The summed E-state index contributed by atoms with van der Waals surface area (Å²) >= 11 is 0. The van der Waals surface area contributed by atoms with E-state index < -0.39 is 23.9 Å². The van der Waals surface area contributed by atoms with Crippen LogP contribution in [0.5, 0.6) is 0 Å². The van der Waals surface area contributed by atoms with Gasteiger partial charge in [0.15, 0.2) is 0 Å². The van der Waals surface area contributed by atoms with E-state index in [2.05, 4.69) is 31.2 Å². The van der Waals surface area contributed by atoms with Crippen molar-refractivity contribution in [3.8, 4) is 0 Å². The Bertz CT molecular complexity index is 1230. The molecular weight excluding hydrogens is 460 g/mol. The Kier molecular flexibility index (Phi) is 8.30. The zero-order valence-corrected chi connectivity index (χ0v) is 19.6. The SMILES string of the molecule is O=CC(CC1CCNC1=O)NCNC(=O)C(Cc1cccc2ccccc12)NC(=O)c1cnccn1. The Hall–Kier alpha value is -4.18. The minimum absolute atomic E-state index is 0.00360. The second-order valence-electron chi connectivity index (χ2n) is 8.64. The third-order valence-corrected chi connectivity index (χ3v) is 6.21. The molecule has 1 aliphatic rings. The van der Waals surface area contributed by atoms with Crippen LogP contribution in [0.1, 0.15) is 28.9 Å². The van der Waals surface area contributed by atoms with Gasteiger partial charge in [-0.1, -0.05) is 42.5 Å². The maximum atomic E-state index is 13.2. The molecule has 4 N–H and O–H groups in total. The Morgan fingerprint density at radius 3 is 2.72 bits per heavy atom. The zero-order valence-electron chi connectivity index (χ0n) is 19.6. The quantitative estimate of drug-likeness (QED) is 0.230. The first-order chi connectivity index (χ1) is 17.5. The molecule has 1 aromatic heterocycles. The highest BCUT2D eigenvalue weighted by molar-refractivity contribution is 5.96. The Morgan fingerprint density at radius 1 is 1.14 bits per heavy atom. The van der Waals surface area contributed by atoms with E-state index in [0.717, 1.165) is 22.6 Å². The molecule has 2 aromatic carbocycles. The standard InChI is InChI=1S/C26H28N6O4/c33-15-20(12-19-8-9-29-24(19)34)30-16-31-25(35)22(32-26(36)23-14-27-10-11-28-23)13-18-6-3-5-17-4-1-2-7-21(17)18/h1-7,10-11,14-15,19-20,22,30H,8-9,12-13,16H2,(H,29,34)(H,31,35)(H,32,36). The van der Waals surface area contributed by atoms with Crippen LogP contribution in [-0.4, -0.2) is 59.3 Å². The molecule has 0 radical (unpaired) electrons. The van der Waals surface area contributed by atoms with Crippen molar-refractivity contribution >= 4 is 34.8 Å². The summed E-state index contributed by atoms with van der Waals surface area (Å²) < 4.78 is 0. The van der Waals surface area contributed by atoms with Gasteiger partial charge in [0.1, 0.15) is 18.0 Å². The van der Waals surface area contributed by atoms with Gasteiger partial charge in [-0.05, 0) is 29.2 Å². The lowest BCUT2D eigenvalue weighted by atomic mass is 9.98. The molecule has 1 fully saturated rings. The monoisotopic (exact) mass is 488 g/mol. The van der Waals surface area contributed by atoms with Gasteiger partial charge in [-0.25, -0.2) is 4.98 Å². The van der Waals surface area contributed by atoms with Crippen LogP contribution in [0, 0.1) is 5.92 Å². The van der Waals surface area contributed by atoms with E-state index in [4.69, 9.17) is 0 Å². The molecule has 0 saturated carbocycles. The van der Waals surface area contributed by atoms with Crippen LogP contribution in [0.15, 0.2) is 61.1 Å². The first-order valence-corrected chi connectivity index (χ1v) is 11.8. The fourth-order valence-electron chi connectivity index (χ4n) is 4.30. The minimum Gasteiger partial charge on any atom is -0.356 e. The average Bonchev–Trinajstić information content (AvgIpc) is 3.32. The summed E-state index contributed by atoms with van der Waals surface area (Å²) in [7, 11) is 0. The molecule has 1 aliphatic heterocycles. The number of hydrogen-bond acceptors (Lipinski definition) is 7. The van der Waals surface area contributed by atoms with E-state index in [1.54, 1.807) is 0 Å². The first kappa shape index (κ1) is 24.9. The second kappa shape index (κ2) is 12.0. The molecule has 1 saturated heterocycles. The van der Waals surface area contributed by atoms with Gasteiger partial charge in [-0.15, -0.1) is 0 Å². The summed E-state index contributed by atoms with van der Waals surface area (Å²) in [4.78, 5) is 57.2. The van der Waals surface area contributed by atoms with E-state index in [-0.39, 0.29) is 30.6 Å². The highest BCUT2D eigenvalue weighted by Crippen LogP contribution is 2.20. The number of carbonyl (C=O) groups is 4. The lowest BCUT2D eigenvalue weighted by Gasteiger charge is -2.21. The van der Waals surface area contributed by atoms with Crippen molar-refractivity contribution in [2.75, 3.05) is 13.2 Å².